The van der Waals surface area contributed by atoms with Gasteiger partial charge in [-0.15, -0.1) is 0 Å². The maximum Gasteiger partial charge on any atom is 0.409 e. The van der Waals surface area contributed by atoms with Gasteiger partial charge in [-0.3, -0.25) is 9.69 Å². The summed E-state index contributed by atoms with van der Waals surface area (Å²) in [4.78, 5) is 27.1. The van der Waals surface area contributed by atoms with Gasteiger partial charge in [0, 0.05) is 25.2 Å². The minimum absolute atomic E-state index is 0.0169. The van der Waals surface area contributed by atoms with Gasteiger partial charge in [-0.05, 0) is 41.7 Å². The number of ether oxygens (including phenoxy) is 1. The number of hydrogen-bond donors (Lipinski definition) is 3. The van der Waals surface area contributed by atoms with Gasteiger partial charge in [-0.25, -0.2) is 13.6 Å². The number of benzene rings is 2. The lowest BCUT2D eigenvalue weighted by atomic mass is 10.0. The van der Waals surface area contributed by atoms with E-state index in [0.717, 1.165) is 40.6 Å². The van der Waals surface area contributed by atoms with E-state index >= 15 is 0 Å². The van der Waals surface area contributed by atoms with Gasteiger partial charge in [0.2, 0.25) is 5.91 Å². The van der Waals surface area contributed by atoms with Gasteiger partial charge in [0.15, 0.2) is 0 Å². The molecule has 184 valence electrons. The van der Waals surface area contributed by atoms with Crippen molar-refractivity contribution in [2.24, 2.45) is 5.73 Å². The van der Waals surface area contributed by atoms with Crippen LogP contribution >= 0.6 is 0 Å². The van der Waals surface area contributed by atoms with Gasteiger partial charge in [-0.2, -0.15) is 0 Å². The third-order valence-corrected chi connectivity index (χ3v) is 5.79. The summed E-state index contributed by atoms with van der Waals surface area (Å²) in [6, 6.07) is 8.62. The molecule has 0 bridgehead atoms. The largest absolute Gasteiger partial charge is 0.465 e. The van der Waals surface area contributed by atoms with E-state index in [9.17, 15) is 28.6 Å². The zero-order valence-corrected chi connectivity index (χ0v) is 18.9. The van der Waals surface area contributed by atoms with E-state index in [-0.39, 0.29) is 38.4 Å². The average Bonchev–Trinajstić information content (AvgIpc) is 3.28. The lowest BCUT2D eigenvalue weighted by Gasteiger charge is -2.31. The highest BCUT2D eigenvalue weighted by Gasteiger charge is 2.38. The fourth-order valence-corrected chi connectivity index (χ4v) is 3.95. The van der Waals surface area contributed by atoms with Crippen molar-refractivity contribution in [1.29, 1.82) is 0 Å². The summed E-state index contributed by atoms with van der Waals surface area (Å²) >= 11 is 0. The van der Waals surface area contributed by atoms with Gasteiger partial charge < -0.3 is 25.6 Å². The molecule has 0 saturated carbocycles. The Labute approximate surface area is 196 Å². The predicted octanol–water partition coefficient (Wildman–Crippen LogP) is 2.12. The highest BCUT2D eigenvalue weighted by Crippen LogP contribution is 2.18. The molecule has 0 radical (unpaired) electrons. The molecule has 1 saturated heterocycles. The number of rotatable bonds is 9. The Morgan fingerprint density at radius 1 is 1.18 bits per heavy atom. The molecular formula is C24H29F2N3O5. The number of aliphatic hydroxyl groups excluding tert-OH is 1. The van der Waals surface area contributed by atoms with E-state index in [0.29, 0.717) is 0 Å². The lowest BCUT2D eigenvalue weighted by Crippen LogP contribution is -2.52. The quantitative estimate of drug-likeness (QED) is 0.510. The molecule has 3 atom stereocenters. The molecule has 34 heavy (non-hydrogen) atoms. The molecule has 2 aromatic carbocycles. The summed E-state index contributed by atoms with van der Waals surface area (Å²) in [6.45, 7) is 1.60. The highest BCUT2D eigenvalue weighted by atomic mass is 19.1. The fourth-order valence-electron chi connectivity index (χ4n) is 3.95. The maximum atomic E-state index is 13.5. The number of aryl methyl sites for hydroxylation is 1. The first kappa shape index (κ1) is 25.5. The highest BCUT2D eigenvalue weighted by molar-refractivity contribution is 5.86. The van der Waals surface area contributed by atoms with E-state index in [1.165, 1.54) is 4.90 Å². The predicted molar refractivity (Wildman–Crippen MR) is 120 cm³/mol. The minimum Gasteiger partial charge on any atom is -0.465 e. The number of aliphatic hydroxyl groups is 1. The van der Waals surface area contributed by atoms with E-state index in [4.69, 9.17) is 10.5 Å². The van der Waals surface area contributed by atoms with Gasteiger partial charge >= 0.3 is 6.09 Å². The van der Waals surface area contributed by atoms with Crippen LogP contribution in [0.2, 0.25) is 0 Å². The van der Waals surface area contributed by atoms with Crippen molar-refractivity contribution in [1.82, 2.24) is 9.80 Å². The fraction of sp³-hybridized carbons (Fsp3) is 0.417. The Hall–Kier alpha value is -3.08. The Bertz CT molecular complexity index is 1000. The Morgan fingerprint density at radius 2 is 1.85 bits per heavy atom. The van der Waals surface area contributed by atoms with E-state index in [1.54, 1.807) is 0 Å². The third kappa shape index (κ3) is 6.49. The lowest BCUT2D eigenvalue weighted by molar-refractivity contribution is -0.137. The zero-order valence-electron chi connectivity index (χ0n) is 18.9. The molecule has 2 aromatic rings. The average molecular weight is 478 g/mol. The number of carbonyl (C=O) groups excluding carboxylic acids is 1. The van der Waals surface area contributed by atoms with Crippen molar-refractivity contribution in [2.45, 2.75) is 44.5 Å². The second-order valence-corrected chi connectivity index (χ2v) is 8.37. The number of nitrogens with two attached hydrogens (primary N) is 1. The Kier molecular flexibility index (Phi) is 8.54. The van der Waals surface area contributed by atoms with E-state index in [2.05, 4.69) is 0 Å². The van der Waals surface area contributed by atoms with Crippen LogP contribution in [0.3, 0.4) is 0 Å². The van der Waals surface area contributed by atoms with Crippen LogP contribution in [0.15, 0.2) is 42.5 Å². The molecule has 1 aliphatic rings. The van der Waals surface area contributed by atoms with Crippen LogP contribution in [0.1, 0.15) is 23.6 Å². The topological polar surface area (TPSA) is 116 Å². The van der Waals surface area contributed by atoms with Gasteiger partial charge in [0.1, 0.15) is 24.4 Å². The molecule has 3 rings (SSSR count). The molecule has 8 nitrogen and oxygen atoms in total. The molecule has 0 spiro atoms. The second kappa shape index (κ2) is 11.4. The molecule has 2 amide bonds. The number of hydrogen-bond acceptors (Lipinski definition) is 5. The molecule has 0 aromatic heterocycles. The number of nitrogens with zero attached hydrogens (tertiary/aromatic N) is 2. The van der Waals surface area contributed by atoms with Crippen LogP contribution < -0.4 is 5.73 Å². The van der Waals surface area contributed by atoms with Crippen molar-refractivity contribution in [3.63, 3.8) is 0 Å². The smallest absolute Gasteiger partial charge is 0.409 e. The molecule has 4 N–H and O–H groups in total. The first-order valence-electron chi connectivity index (χ1n) is 11.0. The molecule has 1 fully saturated rings. The summed E-state index contributed by atoms with van der Waals surface area (Å²) in [5.41, 5.74) is 8.25. The zero-order chi connectivity index (χ0) is 24.8. The van der Waals surface area contributed by atoms with Gasteiger partial charge in [0.05, 0.1) is 12.7 Å². The minimum atomic E-state index is -1.28. The monoisotopic (exact) mass is 477 g/mol. The number of carbonyl (C=O) groups is 2. The maximum absolute atomic E-state index is 13.5. The van der Waals surface area contributed by atoms with Gasteiger partial charge in [-0.1, -0.05) is 31.2 Å². The molecule has 1 heterocycles. The van der Waals surface area contributed by atoms with E-state index < -0.39 is 41.8 Å². The van der Waals surface area contributed by atoms with Gasteiger partial charge in [0.25, 0.3) is 0 Å². The van der Waals surface area contributed by atoms with Crippen LogP contribution in [0.4, 0.5) is 13.6 Å². The summed E-state index contributed by atoms with van der Waals surface area (Å²) in [5, 5.41) is 20.2. The summed E-state index contributed by atoms with van der Waals surface area (Å²) in [7, 11) is 0. The SMILES string of the molecule is CCc1cccc(CN(C[C@@H](O)[C@@H](N)Cc2cc(F)cc(F)c2)C(=O)[C@H]2COCN2C(=O)O)c1. The second-order valence-electron chi connectivity index (χ2n) is 8.37. The first-order chi connectivity index (χ1) is 16.2. The van der Waals surface area contributed by atoms with Crippen LogP contribution in [0.5, 0.6) is 0 Å². The first-order valence-corrected chi connectivity index (χ1v) is 11.0. The molecular weight excluding hydrogens is 448 g/mol. The summed E-state index contributed by atoms with van der Waals surface area (Å²) in [5.74, 6) is -2.02. The summed E-state index contributed by atoms with van der Waals surface area (Å²) in [6.07, 6.45) is -1.74. The van der Waals surface area contributed by atoms with Crippen LogP contribution in [0, 0.1) is 11.6 Å². The molecule has 0 unspecified atom stereocenters. The van der Waals surface area contributed by atoms with Crippen molar-refractivity contribution in [3.8, 4) is 0 Å². The molecule has 0 aliphatic carbocycles. The van der Waals surface area contributed by atoms with Crippen molar-refractivity contribution in [3.05, 3.63) is 70.8 Å². The normalized spacial score (nSPS) is 17.4. The van der Waals surface area contributed by atoms with Crippen LogP contribution in [-0.2, 0) is 28.9 Å². The van der Waals surface area contributed by atoms with Crippen molar-refractivity contribution < 1.29 is 33.3 Å². The van der Waals surface area contributed by atoms with Crippen LogP contribution in [0.25, 0.3) is 0 Å². The third-order valence-electron chi connectivity index (χ3n) is 5.79. The number of carboxylic acid groups (broad SMARTS) is 1. The summed E-state index contributed by atoms with van der Waals surface area (Å²) < 4.78 is 32.2. The standard InChI is InChI=1S/C24H29F2N3O5/c1-2-15-4-3-5-16(6-15)11-28(23(31)21-13-34-14-29(21)24(32)33)12-22(30)20(27)9-17-7-18(25)10-19(26)8-17/h3-8,10,20-22,30H,2,9,11-14,27H2,1H3,(H,32,33)/t20-,21+,22+/m0/s1. The Morgan fingerprint density at radius 3 is 2.50 bits per heavy atom. The number of amides is 2. The van der Waals surface area contributed by atoms with Crippen LogP contribution in [-0.4, -0.2) is 70.1 Å². The molecule has 1 aliphatic heterocycles. The molecule has 10 heteroatoms. The number of halogens is 2. The Balaban J connectivity index is 1.78. The van der Waals surface area contributed by atoms with E-state index in [1.807, 2.05) is 31.2 Å². The van der Waals surface area contributed by atoms with Crippen molar-refractivity contribution in [2.75, 3.05) is 19.9 Å². The van der Waals surface area contributed by atoms with Crippen molar-refractivity contribution >= 4 is 12.0 Å².